The van der Waals surface area contributed by atoms with E-state index in [0.29, 0.717) is 17.8 Å². The molecule has 0 unspecified atom stereocenters. The Morgan fingerprint density at radius 1 is 1.33 bits per heavy atom. The molecule has 0 radical (unpaired) electrons. The smallest absolute Gasteiger partial charge is 0.313 e. The molecule has 0 saturated heterocycles. The Bertz CT molecular complexity index is 626. The summed E-state index contributed by atoms with van der Waals surface area (Å²) in [5, 5.41) is 17.7. The van der Waals surface area contributed by atoms with Crippen molar-refractivity contribution in [1.82, 2.24) is 14.8 Å². The summed E-state index contributed by atoms with van der Waals surface area (Å²) in [4.78, 5) is 10.7. The lowest BCUT2D eigenvalue weighted by Crippen LogP contribution is -2.08. The molecule has 1 aliphatic rings. The van der Waals surface area contributed by atoms with E-state index in [1.165, 1.54) is 11.8 Å². The second kappa shape index (κ2) is 6.17. The van der Waals surface area contributed by atoms with Crippen LogP contribution in [0.2, 0.25) is 0 Å². The molecule has 1 aromatic heterocycles. The fourth-order valence-corrected chi connectivity index (χ4v) is 2.74. The molecule has 21 heavy (non-hydrogen) atoms. The van der Waals surface area contributed by atoms with Crippen LogP contribution in [0.3, 0.4) is 0 Å². The molecule has 1 aromatic carbocycles. The first-order chi connectivity index (χ1) is 10.2. The zero-order valence-corrected chi connectivity index (χ0v) is 12.1. The van der Waals surface area contributed by atoms with Crippen molar-refractivity contribution in [1.29, 1.82) is 0 Å². The standard InChI is InChI=1S/C14H15N3O3S/c18-13(19)9-21-14-16-15-12(17(14)10-6-7-10)8-20-11-4-2-1-3-5-11/h1-5,10H,6-9H2,(H,18,19). The van der Waals surface area contributed by atoms with Gasteiger partial charge in [-0.25, -0.2) is 0 Å². The molecule has 0 bridgehead atoms. The summed E-state index contributed by atoms with van der Waals surface area (Å²) >= 11 is 1.20. The zero-order chi connectivity index (χ0) is 14.7. The third-order valence-electron chi connectivity index (χ3n) is 3.08. The van der Waals surface area contributed by atoms with Crippen LogP contribution in [0.5, 0.6) is 5.75 Å². The van der Waals surface area contributed by atoms with Gasteiger partial charge in [0.1, 0.15) is 12.4 Å². The maximum absolute atomic E-state index is 10.7. The van der Waals surface area contributed by atoms with E-state index >= 15 is 0 Å². The number of rotatable bonds is 7. The molecule has 1 saturated carbocycles. The Morgan fingerprint density at radius 2 is 2.10 bits per heavy atom. The van der Waals surface area contributed by atoms with E-state index in [4.69, 9.17) is 9.84 Å². The Labute approximate surface area is 126 Å². The number of carboxylic acids is 1. The van der Waals surface area contributed by atoms with Crippen molar-refractivity contribution in [3.05, 3.63) is 36.2 Å². The highest BCUT2D eigenvalue weighted by Crippen LogP contribution is 2.38. The van der Waals surface area contributed by atoms with Crippen LogP contribution >= 0.6 is 11.8 Å². The average molecular weight is 305 g/mol. The van der Waals surface area contributed by atoms with Gasteiger partial charge in [-0.15, -0.1) is 10.2 Å². The molecule has 0 amide bonds. The van der Waals surface area contributed by atoms with Gasteiger partial charge in [-0.1, -0.05) is 30.0 Å². The van der Waals surface area contributed by atoms with Gasteiger partial charge in [-0.2, -0.15) is 0 Å². The first-order valence-electron chi connectivity index (χ1n) is 6.70. The number of aromatic nitrogens is 3. The van der Waals surface area contributed by atoms with E-state index in [2.05, 4.69) is 10.2 Å². The number of carboxylic acid groups (broad SMARTS) is 1. The average Bonchev–Trinajstić information content (AvgIpc) is 3.25. The predicted molar refractivity (Wildman–Crippen MR) is 77.4 cm³/mol. The number of ether oxygens (including phenoxy) is 1. The summed E-state index contributed by atoms with van der Waals surface area (Å²) < 4.78 is 7.71. The molecular formula is C14H15N3O3S. The summed E-state index contributed by atoms with van der Waals surface area (Å²) in [6, 6.07) is 9.91. The van der Waals surface area contributed by atoms with Gasteiger partial charge in [0.05, 0.1) is 5.75 Å². The van der Waals surface area contributed by atoms with Gasteiger partial charge in [0.25, 0.3) is 0 Å². The van der Waals surface area contributed by atoms with Crippen molar-refractivity contribution in [2.24, 2.45) is 0 Å². The molecule has 1 heterocycles. The minimum Gasteiger partial charge on any atom is -0.486 e. The van der Waals surface area contributed by atoms with E-state index in [1.807, 2.05) is 34.9 Å². The van der Waals surface area contributed by atoms with Crippen molar-refractivity contribution >= 4 is 17.7 Å². The minimum atomic E-state index is -0.854. The van der Waals surface area contributed by atoms with Gasteiger partial charge in [-0.05, 0) is 25.0 Å². The highest BCUT2D eigenvalue weighted by molar-refractivity contribution is 7.99. The second-order valence-electron chi connectivity index (χ2n) is 4.78. The van der Waals surface area contributed by atoms with E-state index < -0.39 is 5.97 Å². The highest BCUT2D eigenvalue weighted by Gasteiger charge is 2.30. The molecular weight excluding hydrogens is 290 g/mol. The van der Waals surface area contributed by atoms with Gasteiger partial charge >= 0.3 is 5.97 Å². The van der Waals surface area contributed by atoms with Gasteiger partial charge in [0, 0.05) is 6.04 Å². The summed E-state index contributed by atoms with van der Waals surface area (Å²) in [5.74, 6) is 0.661. The van der Waals surface area contributed by atoms with Crippen LogP contribution in [0.1, 0.15) is 24.7 Å². The molecule has 2 aromatic rings. The number of aliphatic carboxylic acids is 1. The van der Waals surface area contributed by atoms with Crippen molar-refractivity contribution < 1.29 is 14.6 Å². The highest BCUT2D eigenvalue weighted by atomic mass is 32.2. The fraction of sp³-hybridized carbons (Fsp3) is 0.357. The van der Waals surface area contributed by atoms with E-state index in [1.54, 1.807) is 0 Å². The SMILES string of the molecule is O=C(O)CSc1nnc(COc2ccccc2)n1C1CC1. The number of carbonyl (C=O) groups is 1. The van der Waals surface area contributed by atoms with Gasteiger partial charge in [-0.3, -0.25) is 9.36 Å². The summed E-state index contributed by atoms with van der Waals surface area (Å²) in [6.45, 7) is 0.334. The fourth-order valence-electron chi connectivity index (χ4n) is 1.99. The van der Waals surface area contributed by atoms with Crippen LogP contribution in [0.25, 0.3) is 0 Å². The molecule has 110 valence electrons. The van der Waals surface area contributed by atoms with Crippen LogP contribution in [-0.4, -0.2) is 31.6 Å². The molecule has 1 fully saturated rings. The third-order valence-corrected chi connectivity index (χ3v) is 4.01. The number of thioether (sulfide) groups is 1. The lowest BCUT2D eigenvalue weighted by atomic mass is 10.3. The summed E-state index contributed by atoms with van der Waals surface area (Å²) in [7, 11) is 0. The van der Waals surface area contributed by atoms with Crippen LogP contribution in [-0.2, 0) is 11.4 Å². The normalized spacial score (nSPS) is 14.1. The topological polar surface area (TPSA) is 77.2 Å². The molecule has 0 atom stereocenters. The molecule has 1 N–H and O–H groups in total. The van der Waals surface area contributed by atoms with E-state index in [9.17, 15) is 4.79 Å². The number of para-hydroxylation sites is 1. The monoisotopic (exact) mass is 305 g/mol. The van der Waals surface area contributed by atoms with Crippen LogP contribution in [0.15, 0.2) is 35.5 Å². The molecule has 1 aliphatic carbocycles. The Hall–Kier alpha value is -2.02. The number of benzene rings is 1. The summed E-state index contributed by atoms with van der Waals surface area (Å²) in [6.07, 6.45) is 2.16. The summed E-state index contributed by atoms with van der Waals surface area (Å²) in [5.41, 5.74) is 0. The van der Waals surface area contributed by atoms with Gasteiger partial charge < -0.3 is 9.84 Å². The Kier molecular flexibility index (Phi) is 4.10. The number of nitrogens with zero attached hydrogens (tertiary/aromatic N) is 3. The molecule has 3 rings (SSSR count). The first-order valence-corrected chi connectivity index (χ1v) is 7.69. The van der Waals surface area contributed by atoms with Crippen LogP contribution < -0.4 is 4.74 Å². The van der Waals surface area contributed by atoms with Crippen LogP contribution in [0, 0.1) is 0 Å². The molecule has 6 nitrogen and oxygen atoms in total. The van der Waals surface area contributed by atoms with Crippen molar-refractivity contribution in [3.8, 4) is 5.75 Å². The van der Waals surface area contributed by atoms with E-state index in [0.717, 1.165) is 24.4 Å². The molecule has 0 spiro atoms. The van der Waals surface area contributed by atoms with Crippen molar-refractivity contribution in [3.63, 3.8) is 0 Å². The second-order valence-corrected chi connectivity index (χ2v) is 5.73. The Balaban J connectivity index is 1.71. The maximum Gasteiger partial charge on any atom is 0.313 e. The zero-order valence-electron chi connectivity index (χ0n) is 11.3. The number of hydrogen-bond acceptors (Lipinski definition) is 5. The van der Waals surface area contributed by atoms with Crippen LogP contribution in [0.4, 0.5) is 0 Å². The van der Waals surface area contributed by atoms with Crippen molar-refractivity contribution in [2.45, 2.75) is 30.6 Å². The molecule has 0 aliphatic heterocycles. The van der Waals surface area contributed by atoms with Crippen molar-refractivity contribution in [2.75, 3.05) is 5.75 Å². The Morgan fingerprint density at radius 3 is 2.76 bits per heavy atom. The maximum atomic E-state index is 10.7. The minimum absolute atomic E-state index is 0.00953. The number of hydrogen-bond donors (Lipinski definition) is 1. The lowest BCUT2D eigenvalue weighted by Gasteiger charge is -2.09. The largest absolute Gasteiger partial charge is 0.486 e. The first kappa shape index (κ1) is 13.9. The van der Waals surface area contributed by atoms with E-state index in [-0.39, 0.29) is 5.75 Å². The molecule has 7 heteroatoms. The van der Waals surface area contributed by atoms with Gasteiger partial charge in [0.15, 0.2) is 11.0 Å². The lowest BCUT2D eigenvalue weighted by molar-refractivity contribution is -0.133. The predicted octanol–water partition coefficient (Wildman–Crippen LogP) is 2.37. The van der Waals surface area contributed by atoms with Gasteiger partial charge in [0.2, 0.25) is 0 Å². The third kappa shape index (κ3) is 3.55. The quantitative estimate of drug-likeness (QED) is 0.791.